The molecule has 0 aliphatic heterocycles. The average Bonchev–Trinajstić information content (AvgIpc) is 2.34. The van der Waals surface area contributed by atoms with E-state index in [1.165, 1.54) is 24.3 Å². The number of Topliss-reactive ketones (excluding diaryl/α,β-unsaturated/α-hetero) is 1. The maximum atomic E-state index is 13.6. The highest BCUT2D eigenvalue weighted by Gasteiger charge is 2.16. The molecule has 0 aliphatic carbocycles. The summed E-state index contributed by atoms with van der Waals surface area (Å²) in [7, 11) is 0. The topological polar surface area (TPSA) is 17.1 Å². The quantitative estimate of drug-likeness (QED) is 0.770. The van der Waals surface area contributed by atoms with Crippen LogP contribution in [0.1, 0.15) is 21.5 Å². The number of hydrogen-bond donors (Lipinski definition) is 0. The molecular formula is C15H11F3O. The smallest absolute Gasteiger partial charge is 0.170 e. The Bertz CT molecular complexity index is 635. The first-order valence-electron chi connectivity index (χ1n) is 5.71. The SMILES string of the molecule is Cc1ccc(C(=O)Cc2cccc(F)c2F)c(F)c1. The van der Waals surface area contributed by atoms with E-state index < -0.39 is 23.2 Å². The molecule has 98 valence electrons. The van der Waals surface area contributed by atoms with Crippen LogP contribution in [0.25, 0.3) is 0 Å². The van der Waals surface area contributed by atoms with Gasteiger partial charge >= 0.3 is 0 Å². The summed E-state index contributed by atoms with van der Waals surface area (Å²) in [5.41, 5.74) is 0.491. The lowest BCUT2D eigenvalue weighted by atomic mass is 10.0. The minimum Gasteiger partial charge on any atom is -0.294 e. The van der Waals surface area contributed by atoms with E-state index in [-0.39, 0.29) is 17.5 Å². The fraction of sp³-hybridized carbons (Fsp3) is 0.133. The number of rotatable bonds is 3. The van der Waals surface area contributed by atoms with Crippen LogP contribution < -0.4 is 0 Å². The Labute approximate surface area is 108 Å². The molecule has 0 radical (unpaired) electrons. The van der Waals surface area contributed by atoms with E-state index in [9.17, 15) is 18.0 Å². The van der Waals surface area contributed by atoms with Crippen molar-refractivity contribution in [3.05, 3.63) is 70.5 Å². The summed E-state index contributed by atoms with van der Waals surface area (Å²) < 4.78 is 40.0. The van der Waals surface area contributed by atoms with Crippen molar-refractivity contribution in [1.82, 2.24) is 0 Å². The highest BCUT2D eigenvalue weighted by atomic mass is 19.2. The predicted molar refractivity (Wildman–Crippen MR) is 65.5 cm³/mol. The normalized spacial score (nSPS) is 10.5. The Morgan fingerprint density at radius 1 is 1.05 bits per heavy atom. The van der Waals surface area contributed by atoms with Crippen molar-refractivity contribution in [1.29, 1.82) is 0 Å². The van der Waals surface area contributed by atoms with Gasteiger partial charge in [-0.3, -0.25) is 4.79 Å². The number of carbonyl (C=O) groups excluding carboxylic acids is 1. The molecule has 0 bridgehead atoms. The van der Waals surface area contributed by atoms with E-state index in [1.54, 1.807) is 13.0 Å². The van der Waals surface area contributed by atoms with Crippen LogP contribution in [0, 0.1) is 24.4 Å². The summed E-state index contributed by atoms with van der Waals surface area (Å²) in [5, 5.41) is 0. The second-order valence-corrected chi connectivity index (χ2v) is 4.30. The highest BCUT2D eigenvalue weighted by Crippen LogP contribution is 2.16. The summed E-state index contributed by atoms with van der Waals surface area (Å²) in [6, 6.07) is 7.77. The zero-order chi connectivity index (χ0) is 14.0. The van der Waals surface area contributed by atoms with Gasteiger partial charge in [0.1, 0.15) is 5.82 Å². The van der Waals surface area contributed by atoms with Gasteiger partial charge in [-0.15, -0.1) is 0 Å². The third kappa shape index (κ3) is 2.84. The van der Waals surface area contributed by atoms with Crippen molar-refractivity contribution in [2.75, 3.05) is 0 Å². The molecule has 0 saturated heterocycles. The molecule has 2 aromatic carbocycles. The van der Waals surface area contributed by atoms with Gasteiger partial charge in [-0.1, -0.05) is 18.2 Å². The molecule has 1 nitrogen and oxygen atoms in total. The lowest BCUT2D eigenvalue weighted by Gasteiger charge is -2.05. The molecule has 4 heteroatoms. The van der Waals surface area contributed by atoms with Gasteiger partial charge in [0.25, 0.3) is 0 Å². The van der Waals surface area contributed by atoms with Gasteiger partial charge in [-0.25, -0.2) is 13.2 Å². The van der Waals surface area contributed by atoms with E-state index >= 15 is 0 Å². The molecule has 0 saturated carbocycles. The zero-order valence-corrected chi connectivity index (χ0v) is 10.2. The lowest BCUT2D eigenvalue weighted by molar-refractivity contribution is 0.0988. The number of hydrogen-bond acceptors (Lipinski definition) is 1. The molecule has 0 atom stereocenters. The molecule has 0 amide bonds. The number of halogens is 3. The highest BCUT2D eigenvalue weighted by molar-refractivity contribution is 5.97. The predicted octanol–water partition coefficient (Wildman–Crippen LogP) is 3.84. The summed E-state index contributed by atoms with van der Waals surface area (Å²) in [5.74, 6) is -3.32. The molecule has 2 aromatic rings. The van der Waals surface area contributed by atoms with Crippen LogP contribution in [0.5, 0.6) is 0 Å². The zero-order valence-electron chi connectivity index (χ0n) is 10.2. The summed E-state index contributed by atoms with van der Waals surface area (Å²) in [6.45, 7) is 1.70. The Morgan fingerprint density at radius 3 is 2.47 bits per heavy atom. The van der Waals surface area contributed by atoms with Gasteiger partial charge in [0.2, 0.25) is 0 Å². The van der Waals surface area contributed by atoms with Crippen molar-refractivity contribution in [3.63, 3.8) is 0 Å². The van der Waals surface area contributed by atoms with Crippen LogP contribution in [0.4, 0.5) is 13.2 Å². The van der Waals surface area contributed by atoms with Crippen LogP contribution in [-0.2, 0) is 6.42 Å². The van der Waals surface area contributed by atoms with E-state index in [1.807, 2.05) is 0 Å². The molecule has 0 N–H and O–H groups in total. The summed E-state index contributed by atoms with van der Waals surface area (Å²) >= 11 is 0. The van der Waals surface area contributed by atoms with E-state index in [4.69, 9.17) is 0 Å². The van der Waals surface area contributed by atoms with Crippen molar-refractivity contribution >= 4 is 5.78 Å². The Balaban J connectivity index is 2.28. The van der Waals surface area contributed by atoms with Crippen molar-refractivity contribution in [2.45, 2.75) is 13.3 Å². The van der Waals surface area contributed by atoms with Gasteiger partial charge in [0, 0.05) is 6.42 Å². The minimum absolute atomic E-state index is 0.0787. The second kappa shape index (κ2) is 5.26. The molecule has 0 unspecified atom stereocenters. The van der Waals surface area contributed by atoms with Crippen molar-refractivity contribution < 1.29 is 18.0 Å². The second-order valence-electron chi connectivity index (χ2n) is 4.30. The first-order valence-corrected chi connectivity index (χ1v) is 5.71. The lowest BCUT2D eigenvalue weighted by Crippen LogP contribution is -2.08. The monoisotopic (exact) mass is 264 g/mol. The Kier molecular flexibility index (Phi) is 3.69. The van der Waals surface area contributed by atoms with Gasteiger partial charge in [-0.2, -0.15) is 0 Å². The van der Waals surface area contributed by atoms with E-state index in [0.717, 1.165) is 6.07 Å². The maximum absolute atomic E-state index is 13.6. The van der Waals surface area contributed by atoms with Gasteiger partial charge in [-0.05, 0) is 36.2 Å². The van der Waals surface area contributed by atoms with Gasteiger partial charge < -0.3 is 0 Å². The maximum Gasteiger partial charge on any atom is 0.170 e. The number of benzene rings is 2. The minimum atomic E-state index is -1.07. The number of aryl methyl sites for hydroxylation is 1. The fourth-order valence-electron chi connectivity index (χ4n) is 1.80. The van der Waals surface area contributed by atoms with Crippen LogP contribution in [0.3, 0.4) is 0 Å². The van der Waals surface area contributed by atoms with Crippen molar-refractivity contribution in [3.8, 4) is 0 Å². The van der Waals surface area contributed by atoms with Crippen molar-refractivity contribution in [2.24, 2.45) is 0 Å². The molecule has 0 fully saturated rings. The van der Waals surface area contributed by atoms with E-state index in [0.29, 0.717) is 5.56 Å². The van der Waals surface area contributed by atoms with Crippen LogP contribution in [0.2, 0.25) is 0 Å². The third-order valence-electron chi connectivity index (χ3n) is 2.81. The standard InChI is InChI=1S/C15H11F3O/c1-9-5-6-11(13(17)7-9)14(19)8-10-3-2-4-12(16)15(10)18/h2-7H,8H2,1H3. The molecule has 0 spiro atoms. The number of ketones is 1. The Hall–Kier alpha value is -2.10. The average molecular weight is 264 g/mol. The van der Waals surface area contributed by atoms with Gasteiger partial charge in [0.05, 0.1) is 5.56 Å². The molecule has 0 heterocycles. The summed E-state index contributed by atoms with van der Waals surface area (Å²) in [4.78, 5) is 11.9. The fourth-order valence-corrected chi connectivity index (χ4v) is 1.80. The third-order valence-corrected chi connectivity index (χ3v) is 2.81. The first-order chi connectivity index (χ1) is 8.99. The molecule has 19 heavy (non-hydrogen) atoms. The number of carbonyl (C=O) groups is 1. The van der Waals surface area contributed by atoms with Crippen LogP contribution in [0.15, 0.2) is 36.4 Å². The molecule has 2 rings (SSSR count). The largest absolute Gasteiger partial charge is 0.294 e. The molecule has 0 aliphatic rings. The van der Waals surface area contributed by atoms with E-state index in [2.05, 4.69) is 0 Å². The molecule has 0 aromatic heterocycles. The molecular weight excluding hydrogens is 253 g/mol. The van der Waals surface area contributed by atoms with Gasteiger partial charge in [0.15, 0.2) is 17.4 Å². The first kappa shape index (κ1) is 13.3. The van der Waals surface area contributed by atoms with Crippen LogP contribution in [-0.4, -0.2) is 5.78 Å². The Morgan fingerprint density at radius 2 is 1.79 bits per heavy atom. The summed E-state index contributed by atoms with van der Waals surface area (Å²) in [6.07, 6.45) is -0.371. The van der Waals surface area contributed by atoms with Crippen LogP contribution >= 0.6 is 0 Å².